The van der Waals surface area contributed by atoms with E-state index in [-0.39, 0.29) is 12.1 Å². The number of ether oxygens (including phenoxy) is 1. The number of nitrogens with zero attached hydrogens (tertiary/aromatic N) is 1. The van der Waals surface area contributed by atoms with Gasteiger partial charge >= 0.3 is 5.97 Å². The Morgan fingerprint density at radius 3 is 2.41 bits per heavy atom. The molecule has 2 aliphatic rings. The van der Waals surface area contributed by atoms with Gasteiger partial charge in [-0.15, -0.1) is 0 Å². The Kier molecular flexibility index (Phi) is 4.81. The van der Waals surface area contributed by atoms with Crippen LogP contribution in [-0.4, -0.2) is 43.7 Å². The van der Waals surface area contributed by atoms with E-state index in [0.29, 0.717) is 24.3 Å². The van der Waals surface area contributed by atoms with Crippen molar-refractivity contribution in [2.75, 3.05) is 21.1 Å². The Hall–Kier alpha value is -2.13. The third-order valence-corrected chi connectivity index (χ3v) is 6.42. The molecule has 3 heteroatoms. The average Bonchev–Trinajstić information content (AvgIpc) is 3.21. The number of quaternary nitrogens is 1. The van der Waals surface area contributed by atoms with Gasteiger partial charge in [0.1, 0.15) is 6.10 Å². The van der Waals surface area contributed by atoms with Gasteiger partial charge in [0.25, 0.3) is 0 Å². The molecular formula is C24H30NO2+. The van der Waals surface area contributed by atoms with Crippen molar-refractivity contribution in [2.45, 2.75) is 37.8 Å². The normalized spacial score (nSPS) is 26.9. The van der Waals surface area contributed by atoms with Crippen molar-refractivity contribution in [3.63, 3.8) is 0 Å². The van der Waals surface area contributed by atoms with Crippen LogP contribution < -0.4 is 0 Å². The van der Waals surface area contributed by atoms with Gasteiger partial charge in [-0.1, -0.05) is 54.6 Å². The summed E-state index contributed by atoms with van der Waals surface area (Å²) in [6.07, 6.45) is 3.96. The molecule has 0 aromatic heterocycles. The van der Waals surface area contributed by atoms with E-state index < -0.39 is 0 Å². The highest BCUT2D eigenvalue weighted by Gasteiger charge is 2.55. The van der Waals surface area contributed by atoms with E-state index in [4.69, 9.17) is 4.74 Å². The zero-order valence-electron chi connectivity index (χ0n) is 16.6. The molecule has 2 bridgehead atoms. The summed E-state index contributed by atoms with van der Waals surface area (Å²) in [5, 5.41) is 0. The molecule has 0 amide bonds. The number of rotatable bonds is 5. The van der Waals surface area contributed by atoms with E-state index >= 15 is 0 Å². The second-order valence-corrected chi connectivity index (χ2v) is 9.07. The first-order chi connectivity index (χ1) is 12.9. The van der Waals surface area contributed by atoms with E-state index in [1.54, 1.807) is 0 Å². The number of carbonyl (C=O) groups excluding carboxylic acids is 1. The molecule has 0 radical (unpaired) electrons. The van der Waals surface area contributed by atoms with Crippen molar-refractivity contribution >= 4 is 5.97 Å². The molecule has 4 unspecified atom stereocenters. The van der Waals surface area contributed by atoms with Crippen molar-refractivity contribution in [1.82, 2.24) is 0 Å². The molecular weight excluding hydrogens is 334 g/mol. The van der Waals surface area contributed by atoms with Crippen LogP contribution >= 0.6 is 0 Å². The van der Waals surface area contributed by atoms with Gasteiger partial charge in [0.2, 0.25) is 0 Å². The number of carbonyl (C=O) groups is 1. The number of hydrogen-bond donors (Lipinski definition) is 0. The molecule has 3 nitrogen and oxygen atoms in total. The predicted octanol–water partition coefficient (Wildman–Crippen LogP) is 4.31. The Balaban J connectivity index is 1.46. The van der Waals surface area contributed by atoms with Crippen LogP contribution in [0.3, 0.4) is 0 Å². The third-order valence-electron chi connectivity index (χ3n) is 6.42. The van der Waals surface area contributed by atoms with Crippen molar-refractivity contribution in [3.05, 3.63) is 60.2 Å². The van der Waals surface area contributed by atoms with E-state index in [0.717, 1.165) is 27.6 Å². The summed E-state index contributed by atoms with van der Waals surface area (Å²) < 4.78 is 6.99. The lowest BCUT2D eigenvalue weighted by atomic mass is 9.96. The summed E-state index contributed by atoms with van der Waals surface area (Å²) in [6, 6.07) is 19.0. The SMILES string of the molecule is C[N+](C)(C)C1C2CCC1C(OC(=O)Cc1ccccc1-c1ccccc1)C2. The molecule has 0 spiro atoms. The van der Waals surface area contributed by atoms with Crippen LogP contribution in [0.25, 0.3) is 11.1 Å². The first kappa shape index (κ1) is 18.2. The topological polar surface area (TPSA) is 26.3 Å². The fourth-order valence-corrected chi connectivity index (χ4v) is 5.52. The summed E-state index contributed by atoms with van der Waals surface area (Å²) in [4.78, 5) is 12.8. The minimum atomic E-state index is -0.0870. The van der Waals surface area contributed by atoms with E-state index in [1.807, 2.05) is 36.4 Å². The molecule has 0 aliphatic heterocycles. The monoisotopic (exact) mass is 364 g/mol. The molecule has 4 rings (SSSR count). The van der Waals surface area contributed by atoms with Crippen LogP contribution in [0.5, 0.6) is 0 Å². The Morgan fingerprint density at radius 2 is 1.70 bits per heavy atom. The Bertz CT molecular complexity index is 809. The predicted molar refractivity (Wildman–Crippen MR) is 108 cm³/mol. The summed E-state index contributed by atoms with van der Waals surface area (Å²) in [6.45, 7) is 0. The Labute approximate surface area is 162 Å². The lowest BCUT2D eigenvalue weighted by molar-refractivity contribution is -0.900. The highest BCUT2D eigenvalue weighted by Crippen LogP contribution is 2.49. The zero-order chi connectivity index (χ0) is 19.0. The van der Waals surface area contributed by atoms with Gasteiger partial charge in [-0.05, 0) is 36.0 Å². The van der Waals surface area contributed by atoms with Crippen molar-refractivity contribution in [3.8, 4) is 11.1 Å². The van der Waals surface area contributed by atoms with Gasteiger partial charge in [-0.25, -0.2) is 0 Å². The van der Waals surface area contributed by atoms with Gasteiger partial charge in [0.05, 0.1) is 33.6 Å². The van der Waals surface area contributed by atoms with Gasteiger partial charge < -0.3 is 9.22 Å². The number of benzene rings is 2. The number of fused-ring (bicyclic) bond motifs is 2. The smallest absolute Gasteiger partial charge is 0.310 e. The third kappa shape index (κ3) is 3.66. The standard InChI is InChI=1S/C24H30NO2/c1-25(2,3)24-19-13-14-21(24)22(15-19)27-23(26)16-18-11-7-8-12-20(18)17-9-5-4-6-10-17/h4-12,19,21-22,24H,13-16H2,1-3H3/q+1. The molecule has 0 N–H and O–H groups in total. The number of esters is 1. The summed E-state index contributed by atoms with van der Waals surface area (Å²) in [5.74, 6) is 1.13. The maximum atomic E-state index is 12.8. The second kappa shape index (κ2) is 7.12. The first-order valence-electron chi connectivity index (χ1n) is 10.1. The van der Waals surface area contributed by atoms with Gasteiger partial charge in [-0.3, -0.25) is 4.79 Å². The molecule has 2 fully saturated rings. The first-order valence-corrected chi connectivity index (χ1v) is 10.1. The highest BCUT2D eigenvalue weighted by molar-refractivity contribution is 5.78. The lowest BCUT2D eigenvalue weighted by Gasteiger charge is -2.35. The Morgan fingerprint density at radius 1 is 1.00 bits per heavy atom. The minimum absolute atomic E-state index is 0.0870. The summed E-state index contributed by atoms with van der Waals surface area (Å²) in [7, 11) is 6.82. The van der Waals surface area contributed by atoms with Crippen LogP contribution in [0.2, 0.25) is 0 Å². The molecule has 4 atom stereocenters. The van der Waals surface area contributed by atoms with Crippen LogP contribution in [0.1, 0.15) is 24.8 Å². The molecule has 0 heterocycles. The van der Waals surface area contributed by atoms with Crippen LogP contribution in [0.15, 0.2) is 54.6 Å². The lowest BCUT2D eigenvalue weighted by Crippen LogP contribution is -2.48. The van der Waals surface area contributed by atoms with Crippen molar-refractivity contribution in [1.29, 1.82) is 0 Å². The maximum Gasteiger partial charge on any atom is 0.310 e. The highest BCUT2D eigenvalue weighted by atomic mass is 16.5. The van der Waals surface area contributed by atoms with Gasteiger partial charge in [0, 0.05) is 11.8 Å². The second-order valence-electron chi connectivity index (χ2n) is 9.07. The molecule has 2 aliphatic carbocycles. The van der Waals surface area contributed by atoms with E-state index in [2.05, 4.69) is 39.3 Å². The van der Waals surface area contributed by atoms with Crippen LogP contribution in [0, 0.1) is 11.8 Å². The van der Waals surface area contributed by atoms with E-state index in [9.17, 15) is 4.79 Å². The van der Waals surface area contributed by atoms with Crippen molar-refractivity contribution in [2.24, 2.45) is 11.8 Å². The summed E-state index contributed by atoms with van der Waals surface area (Å²) in [5.41, 5.74) is 3.30. The molecule has 27 heavy (non-hydrogen) atoms. The molecule has 142 valence electrons. The fraction of sp³-hybridized carbons (Fsp3) is 0.458. The fourth-order valence-electron chi connectivity index (χ4n) is 5.52. The average molecular weight is 365 g/mol. The largest absolute Gasteiger partial charge is 0.462 e. The molecule has 2 aromatic carbocycles. The van der Waals surface area contributed by atoms with Crippen molar-refractivity contribution < 1.29 is 14.0 Å². The minimum Gasteiger partial charge on any atom is -0.462 e. The maximum absolute atomic E-state index is 12.8. The van der Waals surface area contributed by atoms with E-state index in [1.165, 1.54) is 12.8 Å². The summed E-state index contributed by atoms with van der Waals surface area (Å²) >= 11 is 0. The quantitative estimate of drug-likeness (QED) is 0.584. The van der Waals surface area contributed by atoms with Crippen LogP contribution in [0.4, 0.5) is 0 Å². The molecule has 2 aromatic rings. The molecule has 0 saturated heterocycles. The zero-order valence-corrected chi connectivity index (χ0v) is 16.6. The van der Waals surface area contributed by atoms with Gasteiger partial charge in [0.15, 0.2) is 0 Å². The van der Waals surface area contributed by atoms with Crippen LogP contribution in [-0.2, 0) is 16.0 Å². The number of hydrogen-bond acceptors (Lipinski definition) is 2. The molecule has 2 saturated carbocycles. The van der Waals surface area contributed by atoms with Gasteiger partial charge in [-0.2, -0.15) is 0 Å².